The van der Waals surface area contributed by atoms with Crippen molar-refractivity contribution in [2.24, 2.45) is 0 Å². The molecule has 0 spiro atoms. The van der Waals surface area contributed by atoms with E-state index in [4.69, 9.17) is 24.6 Å². The van der Waals surface area contributed by atoms with Crippen molar-refractivity contribution in [3.63, 3.8) is 0 Å². The SMILES string of the molecule is [NH-][C@@H](CCC(=O)CCCCCN1C(=O)CC(SC[C@H](NC(=O)N[C@@H](CCC(=O)O)OC=O)C(=O)O)C1=O)C(=O)[N-][C@@H](CC(=O)O)C(=O)[N-][C@@H](C[S-])C(=O)O.[O]=[99Tc+4]. The molecule has 0 radical (unpaired) electrons. The van der Waals surface area contributed by atoms with Crippen LogP contribution in [-0.4, -0.2) is 145 Å². The van der Waals surface area contributed by atoms with Gasteiger partial charge in [0, 0.05) is 56.2 Å². The van der Waals surface area contributed by atoms with Crippen molar-refractivity contribution in [2.75, 3.05) is 18.1 Å². The molecular weight excluding hydrogens is 879 g/mol. The molecule has 0 bridgehead atoms. The summed E-state index contributed by atoms with van der Waals surface area (Å²) in [5, 5.41) is 46.3. The third-order valence-electron chi connectivity index (χ3n) is 7.41. The molecule has 7 N–H and O–H groups in total. The molecular formula is C30H40N6O17S2Tc. The predicted octanol–water partition coefficient (Wildman–Crippen LogP) is -0.183. The van der Waals surface area contributed by atoms with Gasteiger partial charge in [0.2, 0.25) is 11.8 Å². The van der Waals surface area contributed by atoms with Gasteiger partial charge in [-0.05, 0) is 18.9 Å². The second kappa shape index (κ2) is 28.0. The number of carbonyl (C=O) groups is 11. The van der Waals surface area contributed by atoms with Crippen LogP contribution >= 0.6 is 11.8 Å². The van der Waals surface area contributed by atoms with Crippen LogP contribution in [0.3, 0.4) is 0 Å². The molecule has 0 aromatic rings. The van der Waals surface area contributed by atoms with Gasteiger partial charge in [-0.3, -0.25) is 38.5 Å². The Hall–Kier alpha value is -4.52. The zero-order valence-electron chi connectivity index (χ0n) is 29.4. The van der Waals surface area contributed by atoms with E-state index in [0.29, 0.717) is 19.3 Å². The van der Waals surface area contributed by atoms with E-state index in [-0.39, 0.29) is 56.7 Å². The van der Waals surface area contributed by atoms with Crippen LogP contribution in [-0.2, 0) is 87.7 Å². The number of hydrogen-bond acceptors (Lipinski definition) is 15. The second-order valence-corrected chi connectivity index (χ2v) is 13.2. The average Bonchev–Trinajstić information content (AvgIpc) is 3.40. The Morgan fingerprint density at radius 3 is 2.09 bits per heavy atom. The van der Waals surface area contributed by atoms with Gasteiger partial charge in [0.1, 0.15) is 11.8 Å². The van der Waals surface area contributed by atoms with Crippen LogP contribution in [0.15, 0.2) is 0 Å². The molecule has 0 aliphatic carbocycles. The van der Waals surface area contributed by atoms with Gasteiger partial charge in [0.05, 0.1) is 11.7 Å². The summed E-state index contributed by atoms with van der Waals surface area (Å²) >= 11 is 6.32. The molecule has 26 heteroatoms. The van der Waals surface area contributed by atoms with Gasteiger partial charge < -0.3 is 74.4 Å². The summed E-state index contributed by atoms with van der Waals surface area (Å²) in [6.45, 7) is 0.00249. The Labute approximate surface area is 339 Å². The number of ether oxygens (including phenoxy) is 1. The monoisotopic (exact) mass is 919 g/mol. The van der Waals surface area contributed by atoms with E-state index in [1.807, 2.05) is 0 Å². The summed E-state index contributed by atoms with van der Waals surface area (Å²) in [6.07, 6.45) is -2.71. The van der Waals surface area contributed by atoms with E-state index in [1.54, 1.807) is 0 Å². The number of unbranched alkanes of at least 4 members (excludes halogenated alkanes) is 2. The number of hydrogen-bond donors (Lipinski definition) is 6. The first kappa shape index (κ1) is 51.5. The Balaban J connectivity index is 0.0000149. The number of rotatable bonds is 28. The molecule has 0 saturated carbocycles. The maximum atomic E-state index is 12.8. The van der Waals surface area contributed by atoms with Gasteiger partial charge in [0.15, 0.2) is 6.23 Å². The Bertz CT molecular complexity index is 1440. The zero-order chi connectivity index (χ0) is 43.0. The van der Waals surface area contributed by atoms with Crippen molar-refractivity contribution in [1.82, 2.24) is 15.5 Å². The first-order chi connectivity index (χ1) is 26.4. The number of urea groups is 1. The summed E-state index contributed by atoms with van der Waals surface area (Å²) in [5.41, 5.74) is 7.95. The summed E-state index contributed by atoms with van der Waals surface area (Å²) in [4.78, 5) is 131. The van der Waals surface area contributed by atoms with Gasteiger partial charge in [-0.25, -0.2) is 9.59 Å². The van der Waals surface area contributed by atoms with Gasteiger partial charge in [-0.15, -0.1) is 11.8 Å². The van der Waals surface area contributed by atoms with E-state index in [1.165, 1.54) is 0 Å². The predicted molar refractivity (Wildman–Crippen MR) is 186 cm³/mol. The van der Waals surface area contributed by atoms with Crippen LogP contribution in [0.25, 0.3) is 16.4 Å². The number of ketones is 1. The molecule has 0 aromatic heterocycles. The van der Waals surface area contributed by atoms with E-state index in [9.17, 15) is 57.8 Å². The molecule has 6 amide bonds. The van der Waals surface area contributed by atoms with E-state index >= 15 is 0 Å². The van der Waals surface area contributed by atoms with Gasteiger partial charge in [-0.2, -0.15) is 5.75 Å². The van der Waals surface area contributed by atoms with Crippen LogP contribution in [0.1, 0.15) is 64.2 Å². The van der Waals surface area contributed by atoms with Crippen molar-refractivity contribution in [3.8, 4) is 0 Å². The molecule has 1 heterocycles. The summed E-state index contributed by atoms with van der Waals surface area (Å²) in [7, 11) is 0. The van der Waals surface area contributed by atoms with Crippen LogP contribution < -0.4 is 10.6 Å². The summed E-state index contributed by atoms with van der Waals surface area (Å²) < 4.78 is 12.8. The van der Waals surface area contributed by atoms with Crippen LogP contribution in [0.4, 0.5) is 4.79 Å². The number of nitrogens with zero attached hydrogens (tertiary/aromatic N) is 3. The Kier molecular flexibility index (Phi) is 25.7. The van der Waals surface area contributed by atoms with Crippen LogP contribution in [0, 0.1) is 0 Å². The summed E-state index contributed by atoms with van der Waals surface area (Å²) in [5.74, 6) is -10.4. The third kappa shape index (κ3) is 20.4. The van der Waals surface area contributed by atoms with Crippen molar-refractivity contribution in [2.45, 2.75) is 99.9 Å². The van der Waals surface area contributed by atoms with E-state index in [0.717, 1.165) is 35.5 Å². The number of Topliss-reactive ketones (excluding diaryl/α,β-unsaturated/α-hetero) is 1. The molecule has 1 aliphatic heterocycles. The number of aliphatic carboxylic acids is 4. The number of carboxylic acids is 4. The molecule has 6 atom stereocenters. The normalized spacial score (nSPS) is 16.1. The molecule has 56 heavy (non-hydrogen) atoms. The van der Waals surface area contributed by atoms with Gasteiger partial charge >= 0.3 is 46.3 Å². The minimum absolute atomic E-state index is 0.0187. The maximum absolute atomic E-state index is 12.8. The zero-order valence-corrected chi connectivity index (χ0v) is 32.9. The molecule has 23 nitrogen and oxygen atoms in total. The molecule has 311 valence electrons. The fraction of sp³-hybridized carbons (Fsp3) is 0.633. The Morgan fingerprint density at radius 2 is 1.54 bits per heavy atom. The fourth-order valence-electron chi connectivity index (χ4n) is 4.57. The topological polar surface area (TPSA) is 374 Å². The van der Waals surface area contributed by atoms with Crippen molar-refractivity contribution in [1.29, 1.82) is 0 Å². The number of carboxylic acid groups (broad SMARTS) is 4. The van der Waals surface area contributed by atoms with Crippen molar-refractivity contribution in [3.05, 3.63) is 16.4 Å². The Morgan fingerprint density at radius 1 is 0.893 bits per heavy atom. The van der Waals surface area contributed by atoms with Crippen LogP contribution in [0.2, 0.25) is 0 Å². The van der Waals surface area contributed by atoms with Gasteiger partial charge in [-0.1, -0.05) is 24.9 Å². The van der Waals surface area contributed by atoms with E-state index < -0.39 is 108 Å². The van der Waals surface area contributed by atoms with Crippen molar-refractivity contribution >= 4 is 90.2 Å². The standard InChI is InChI=1S/C30H43N6O16S2.O.Tc/c31-16(25(44)32-17(10-24(42)43)26(45)33-18(12-53)28(47)48)6-5-15(38)4-2-1-3-9-36-22(39)11-20(27(36)46)54-13-19(29(49)50)34-30(51)35-21(52-14-37)7-8-23(40)41;;/h14,16-21,31H,1-13H2,(H9,32,33,34,35,40,41,42,43,44,45,47,48,49,50,51,53);;/q-1;;+4/p-3/t16-,17-,18-,19-,20?,21+;;/m0../s1/i;;1+1. The number of imide groups is 1. The molecule has 1 rings (SSSR count). The second-order valence-electron chi connectivity index (χ2n) is 11.6. The first-order valence-electron chi connectivity index (χ1n) is 16.4. The summed E-state index contributed by atoms with van der Waals surface area (Å²) in [6, 6.07) is -7.74. The molecule has 1 unspecified atom stereocenters. The molecule has 1 saturated heterocycles. The van der Waals surface area contributed by atoms with Crippen LogP contribution in [0.5, 0.6) is 0 Å². The quantitative estimate of drug-likeness (QED) is 0.0195. The minimum atomic E-state index is -1.87. The first-order valence-corrected chi connectivity index (χ1v) is 18.7. The number of thioether (sulfide) groups is 1. The number of carbonyl (C=O) groups excluding carboxylic acids is 7. The molecule has 0 aromatic carbocycles. The third-order valence-corrected chi connectivity index (χ3v) is 9.02. The number of amides is 6. The molecule has 1 fully saturated rings. The van der Waals surface area contributed by atoms with Gasteiger partial charge in [0.25, 0.3) is 12.4 Å². The number of likely N-dealkylation sites (tertiary alicyclic amines) is 1. The molecule has 1 aliphatic rings. The van der Waals surface area contributed by atoms with Crippen molar-refractivity contribution < 1.29 is 100 Å². The average molecular weight is 920 g/mol. The fourth-order valence-corrected chi connectivity index (χ4v) is 5.97. The number of nitrogens with one attached hydrogen (secondary N) is 3. The van der Waals surface area contributed by atoms with E-state index in [2.05, 4.69) is 38.6 Å².